The van der Waals surface area contributed by atoms with E-state index in [2.05, 4.69) is 28.5 Å². The molecule has 2 heterocycles. The van der Waals surface area contributed by atoms with Gasteiger partial charge < -0.3 is 5.32 Å². The monoisotopic (exact) mass is 307 g/mol. The molecule has 3 nitrogen and oxygen atoms in total. The first-order valence-corrected chi connectivity index (χ1v) is 9.15. The Labute approximate surface area is 128 Å². The summed E-state index contributed by atoms with van der Waals surface area (Å²) in [6.45, 7) is 4.07. The van der Waals surface area contributed by atoms with Crippen molar-refractivity contribution in [3.8, 4) is 9.88 Å². The highest BCUT2D eigenvalue weighted by Crippen LogP contribution is 2.36. The lowest BCUT2D eigenvalue weighted by Gasteiger charge is -1.96. The maximum atomic E-state index is 4.37. The highest BCUT2D eigenvalue weighted by atomic mass is 32.1. The largest absolute Gasteiger partial charge is 0.310 e. The molecule has 0 atom stereocenters. The number of rotatable bonds is 5. The van der Waals surface area contributed by atoms with Gasteiger partial charge in [0.1, 0.15) is 5.01 Å². The van der Waals surface area contributed by atoms with Gasteiger partial charge in [-0.3, -0.25) is 0 Å². The zero-order valence-corrected chi connectivity index (χ0v) is 13.6. The van der Waals surface area contributed by atoms with E-state index in [1.807, 2.05) is 11.3 Å². The van der Waals surface area contributed by atoms with Crippen molar-refractivity contribution in [3.05, 3.63) is 21.5 Å². The average molecular weight is 307 g/mol. The third-order valence-corrected chi connectivity index (χ3v) is 5.96. The molecular formula is C15H21N3S2. The lowest BCUT2D eigenvalue weighted by atomic mass is 10.1. The molecule has 3 rings (SSSR count). The minimum absolute atomic E-state index is 0.844. The van der Waals surface area contributed by atoms with E-state index < -0.39 is 0 Å². The van der Waals surface area contributed by atoms with Gasteiger partial charge in [0, 0.05) is 11.4 Å². The molecule has 1 aliphatic carbocycles. The van der Waals surface area contributed by atoms with Crippen molar-refractivity contribution < 1.29 is 0 Å². The highest BCUT2D eigenvalue weighted by Gasteiger charge is 2.15. The molecule has 0 bridgehead atoms. The zero-order valence-electron chi connectivity index (χ0n) is 11.9. The Hall–Kier alpha value is -0.780. The number of nitrogens with one attached hydrogen (secondary N) is 1. The molecule has 0 amide bonds. The molecule has 0 saturated heterocycles. The van der Waals surface area contributed by atoms with Crippen LogP contribution in [0.1, 0.15) is 48.1 Å². The molecule has 1 aliphatic rings. The summed E-state index contributed by atoms with van der Waals surface area (Å²) in [4.78, 5) is 2.90. The molecule has 0 saturated carbocycles. The van der Waals surface area contributed by atoms with Gasteiger partial charge in [0.2, 0.25) is 0 Å². The number of hydrogen-bond acceptors (Lipinski definition) is 5. The Morgan fingerprint density at radius 2 is 2.05 bits per heavy atom. The van der Waals surface area contributed by atoms with Gasteiger partial charge in [-0.1, -0.05) is 24.7 Å². The van der Waals surface area contributed by atoms with Gasteiger partial charge in [0.15, 0.2) is 5.01 Å². The fraction of sp³-hybridized carbons (Fsp3) is 0.600. The van der Waals surface area contributed by atoms with E-state index >= 15 is 0 Å². The quantitative estimate of drug-likeness (QED) is 0.669. The van der Waals surface area contributed by atoms with Crippen LogP contribution >= 0.6 is 22.7 Å². The summed E-state index contributed by atoms with van der Waals surface area (Å²) >= 11 is 3.66. The van der Waals surface area contributed by atoms with Gasteiger partial charge in [-0.15, -0.1) is 21.5 Å². The second-order valence-corrected chi connectivity index (χ2v) is 7.50. The van der Waals surface area contributed by atoms with Gasteiger partial charge in [-0.05, 0) is 50.3 Å². The molecule has 0 unspecified atom stereocenters. The molecule has 0 radical (unpaired) electrons. The Morgan fingerprint density at radius 3 is 2.95 bits per heavy atom. The Bertz CT molecular complexity index is 536. The van der Waals surface area contributed by atoms with E-state index in [-0.39, 0.29) is 0 Å². The summed E-state index contributed by atoms with van der Waals surface area (Å²) in [6, 6.07) is 2.36. The summed E-state index contributed by atoms with van der Waals surface area (Å²) < 4.78 is 0. The van der Waals surface area contributed by atoms with Gasteiger partial charge in [0.05, 0.1) is 4.88 Å². The van der Waals surface area contributed by atoms with Crippen LogP contribution in [0.3, 0.4) is 0 Å². The van der Waals surface area contributed by atoms with Gasteiger partial charge in [0.25, 0.3) is 0 Å². The standard InChI is InChI=1S/C15H21N3S2/c1-2-8-16-10-14-17-18-15(20-14)13-9-11-6-4-3-5-7-12(11)19-13/h9,16H,2-8,10H2,1H3. The first-order valence-electron chi connectivity index (χ1n) is 7.52. The first-order chi connectivity index (χ1) is 9.86. The van der Waals surface area contributed by atoms with E-state index in [9.17, 15) is 0 Å². The van der Waals surface area contributed by atoms with Crippen LogP contribution in [0.5, 0.6) is 0 Å². The van der Waals surface area contributed by atoms with Crippen molar-refractivity contribution in [2.45, 2.75) is 52.0 Å². The third kappa shape index (κ3) is 3.27. The van der Waals surface area contributed by atoms with Gasteiger partial charge >= 0.3 is 0 Å². The molecule has 20 heavy (non-hydrogen) atoms. The molecular weight excluding hydrogens is 286 g/mol. The SMILES string of the molecule is CCCNCc1nnc(-c2cc3c(s2)CCCCC3)s1. The fourth-order valence-electron chi connectivity index (χ4n) is 2.57. The normalized spacial score (nSPS) is 15.1. The van der Waals surface area contributed by atoms with Gasteiger partial charge in [-0.25, -0.2) is 0 Å². The topological polar surface area (TPSA) is 37.8 Å². The van der Waals surface area contributed by atoms with Crippen molar-refractivity contribution in [3.63, 3.8) is 0 Å². The molecule has 108 valence electrons. The van der Waals surface area contributed by atoms with E-state index in [4.69, 9.17) is 0 Å². The van der Waals surface area contributed by atoms with Crippen molar-refractivity contribution >= 4 is 22.7 Å². The minimum atomic E-state index is 0.844. The van der Waals surface area contributed by atoms with Crippen LogP contribution in [0.2, 0.25) is 0 Å². The first kappa shape index (κ1) is 14.2. The lowest BCUT2D eigenvalue weighted by molar-refractivity contribution is 0.668. The number of hydrogen-bond donors (Lipinski definition) is 1. The van der Waals surface area contributed by atoms with Crippen molar-refractivity contribution in [2.24, 2.45) is 0 Å². The van der Waals surface area contributed by atoms with E-state index in [1.165, 1.54) is 37.0 Å². The molecule has 0 aliphatic heterocycles. The van der Waals surface area contributed by atoms with Crippen molar-refractivity contribution in [1.82, 2.24) is 15.5 Å². The molecule has 0 aromatic carbocycles. The van der Waals surface area contributed by atoms with Crippen molar-refractivity contribution in [2.75, 3.05) is 6.54 Å². The van der Waals surface area contributed by atoms with Crippen LogP contribution < -0.4 is 5.32 Å². The zero-order chi connectivity index (χ0) is 13.8. The molecule has 2 aromatic heterocycles. The van der Waals surface area contributed by atoms with Crippen LogP contribution in [-0.2, 0) is 19.4 Å². The van der Waals surface area contributed by atoms with Crippen LogP contribution in [0, 0.1) is 0 Å². The lowest BCUT2D eigenvalue weighted by Crippen LogP contribution is -2.13. The summed E-state index contributed by atoms with van der Waals surface area (Å²) in [5.74, 6) is 0. The molecule has 0 spiro atoms. The predicted octanol–water partition coefficient (Wildman–Crippen LogP) is 4.04. The maximum absolute atomic E-state index is 4.37. The summed E-state index contributed by atoms with van der Waals surface area (Å²) in [6.07, 6.45) is 7.71. The Morgan fingerprint density at radius 1 is 1.15 bits per heavy atom. The summed E-state index contributed by atoms with van der Waals surface area (Å²) in [7, 11) is 0. The van der Waals surface area contributed by atoms with Crippen LogP contribution in [0.25, 0.3) is 9.88 Å². The predicted molar refractivity (Wildman–Crippen MR) is 86.5 cm³/mol. The molecule has 2 aromatic rings. The second kappa shape index (κ2) is 6.78. The second-order valence-electron chi connectivity index (χ2n) is 5.30. The molecule has 1 N–H and O–H groups in total. The van der Waals surface area contributed by atoms with Crippen LogP contribution in [0.15, 0.2) is 6.07 Å². The molecule has 5 heteroatoms. The smallest absolute Gasteiger partial charge is 0.157 e. The van der Waals surface area contributed by atoms with Crippen molar-refractivity contribution in [1.29, 1.82) is 0 Å². The number of fused-ring (bicyclic) bond motifs is 1. The maximum Gasteiger partial charge on any atom is 0.157 e. The average Bonchev–Trinajstić information content (AvgIpc) is 3.02. The third-order valence-electron chi connectivity index (χ3n) is 3.63. The number of thiophene rings is 1. The Balaban J connectivity index is 1.73. The minimum Gasteiger partial charge on any atom is -0.310 e. The van der Waals surface area contributed by atoms with E-state index in [0.29, 0.717) is 0 Å². The number of nitrogens with zero attached hydrogens (tertiary/aromatic N) is 2. The number of aromatic nitrogens is 2. The van der Waals surface area contributed by atoms with E-state index in [1.54, 1.807) is 21.8 Å². The van der Waals surface area contributed by atoms with Crippen LogP contribution in [-0.4, -0.2) is 16.7 Å². The fourth-order valence-corrected chi connectivity index (χ4v) is 4.67. The van der Waals surface area contributed by atoms with Gasteiger partial charge in [-0.2, -0.15) is 0 Å². The number of aryl methyl sites for hydroxylation is 2. The van der Waals surface area contributed by atoms with E-state index in [0.717, 1.165) is 29.5 Å². The molecule has 0 fully saturated rings. The Kier molecular flexibility index (Phi) is 4.81. The highest BCUT2D eigenvalue weighted by molar-refractivity contribution is 7.21. The summed E-state index contributed by atoms with van der Waals surface area (Å²) in [5.41, 5.74) is 1.56. The van der Waals surface area contributed by atoms with Crippen LogP contribution in [0.4, 0.5) is 0 Å². The summed E-state index contributed by atoms with van der Waals surface area (Å²) in [5, 5.41) is 14.2.